The summed E-state index contributed by atoms with van der Waals surface area (Å²) in [6.45, 7) is 7.80. The maximum atomic E-state index is 10.7. The van der Waals surface area contributed by atoms with Gasteiger partial charge >= 0.3 is 7.12 Å². The van der Waals surface area contributed by atoms with Crippen molar-refractivity contribution in [2.45, 2.75) is 38.9 Å². The molecule has 1 aliphatic heterocycles. The van der Waals surface area contributed by atoms with Crippen molar-refractivity contribution in [1.29, 1.82) is 0 Å². The topological polar surface area (TPSA) is 61.6 Å². The summed E-state index contributed by atoms with van der Waals surface area (Å²) < 4.78 is 11.7. The van der Waals surface area contributed by atoms with Crippen LogP contribution in [-0.2, 0) is 9.31 Å². The average molecular weight is 249 g/mol. The number of non-ortho nitro benzene ring substituents is 1. The third-order valence-corrected chi connectivity index (χ3v) is 3.61. The van der Waals surface area contributed by atoms with Gasteiger partial charge in [-0.15, -0.1) is 0 Å². The molecular weight excluding hydrogens is 233 g/mol. The Morgan fingerprint density at radius 1 is 1.17 bits per heavy atom. The molecule has 0 spiro atoms. The molecule has 0 bridgehead atoms. The molecule has 1 saturated heterocycles. The van der Waals surface area contributed by atoms with E-state index in [1.54, 1.807) is 12.1 Å². The first-order valence-electron chi connectivity index (χ1n) is 5.83. The number of rotatable bonds is 2. The SMILES string of the molecule is CC1(C)OB(c2cccc([N+](=O)[O-])c2)OC1(C)C. The van der Waals surface area contributed by atoms with Gasteiger partial charge in [-0.05, 0) is 33.2 Å². The molecule has 0 amide bonds. The Hall–Kier alpha value is -1.40. The van der Waals surface area contributed by atoms with Gasteiger partial charge in [0, 0.05) is 12.1 Å². The molecule has 6 heteroatoms. The van der Waals surface area contributed by atoms with E-state index >= 15 is 0 Å². The lowest BCUT2D eigenvalue weighted by Gasteiger charge is -2.32. The zero-order chi connectivity index (χ0) is 13.6. The van der Waals surface area contributed by atoms with Crippen molar-refractivity contribution in [3.8, 4) is 0 Å². The first kappa shape index (κ1) is 13.0. The van der Waals surface area contributed by atoms with Crippen molar-refractivity contribution in [2.75, 3.05) is 0 Å². The van der Waals surface area contributed by atoms with Gasteiger partial charge in [0.25, 0.3) is 5.69 Å². The summed E-state index contributed by atoms with van der Waals surface area (Å²) in [4.78, 5) is 10.3. The van der Waals surface area contributed by atoms with E-state index in [0.717, 1.165) is 0 Å². The van der Waals surface area contributed by atoms with Gasteiger partial charge in [0.05, 0.1) is 16.1 Å². The summed E-state index contributed by atoms with van der Waals surface area (Å²) in [5.74, 6) is 0. The Balaban J connectivity index is 2.30. The van der Waals surface area contributed by atoms with Crippen molar-refractivity contribution in [3.05, 3.63) is 34.4 Å². The van der Waals surface area contributed by atoms with Crippen LogP contribution in [0.2, 0.25) is 0 Å². The zero-order valence-corrected chi connectivity index (χ0v) is 11.0. The summed E-state index contributed by atoms with van der Waals surface area (Å²) in [5.41, 5.74) is -0.171. The molecule has 18 heavy (non-hydrogen) atoms. The normalized spacial score (nSPS) is 21.0. The molecule has 0 atom stereocenters. The maximum Gasteiger partial charge on any atom is 0.495 e. The zero-order valence-electron chi connectivity index (χ0n) is 11.0. The highest BCUT2D eigenvalue weighted by molar-refractivity contribution is 6.62. The predicted octanol–water partition coefficient (Wildman–Crippen LogP) is 1.89. The highest BCUT2D eigenvalue weighted by atomic mass is 16.7. The molecule has 0 unspecified atom stereocenters. The molecule has 5 nitrogen and oxygen atoms in total. The molecular formula is C12H16BNO4. The molecule has 1 aromatic rings. The number of nitro benzene ring substituents is 1. The highest BCUT2D eigenvalue weighted by Crippen LogP contribution is 2.36. The van der Waals surface area contributed by atoms with E-state index in [4.69, 9.17) is 9.31 Å². The van der Waals surface area contributed by atoms with Crippen LogP contribution in [0.4, 0.5) is 5.69 Å². The fraction of sp³-hybridized carbons (Fsp3) is 0.500. The first-order valence-corrected chi connectivity index (χ1v) is 5.83. The van der Waals surface area contributed by atoms with Crippen LogP contribution in [0.15, 0.2) is 24.3 Å². The third-order valence-electron chi connectivity index (χ3n) is 3.61. The summed E-state index contributed by atoms with van der Waals surface area (Å²) >= 11 is 0. The fourth-order valence-corrected chi connectivity index (χ4v) is 1.76. The molecule has 1 heterocycles. The van der Waals surface area contributed by atoms with Gasteiger partial charge in [0.1, 0.15) is 0 Å². The van der Waals surface area contributed by atoms with Crippen LogP contribution in [0.5, 0.6) is 0 Å². The van der Waals surface area contributed by atoms with Gasteiger partial charge in [-0.1, -0.05) is 12.1 Å². The monoisotopic (exact) mass is 249 g/mol. The van der Waals surface area contributed by atoms with Crippen molar-refractivity contribution in [1.82, 2.24) is 0 Å². The molecule has 1 fully saturated rings. The minimum atomic E-state index is -0.560. The Kier molecular flexibility index (Phi) is 2.95. The Labute approximate surface area is 106 Å². The van der Waals surface area contributed by atoms with Crippen molar-refractivity contribution < 1.29 is 14.2 Å². The molecule has 0 radical (unpaired) electrons. The van der Waals surface area contributed by atoms with E-state index < -0.39 is 23.2 Å². The van der Waals surface area contributed by atoms with E-state index in [1.807, 2.05) is 27.7 Å². The fourth-order valence-electron chi connectivity index (χ4n) is 1.76. The number of hydrogen-bond donors (Lipinski definition) is 0. The minimum absolute atomic E-state index is 0.0437. The molecule has 0 saturated carbocycles. The minimum Gasteiger partial charge on any atom is -0.399 e. The van der Waals surface area contributed by atoms with Gasteiger partial charge < -0.3 is 9.31 Å². The van der Waals surface area contributed by atoms with Crippen molar-refractivity contribution in [2.24, 2.45) is 0 Å². The van der Waals surface area contributed by atoms with Crippen LogP contribution in [-0.4, -0.2) is 23.2 Å². The quantitative estimate of drug-likeness (QED) is 0.456. The third kappa shape index (κ3) is 2.13. The summed E-state index contributed by atoms with van der Waals surface area (Å²) in [6.07, 6.45) is 0. The van der Waals surface area contributed by atoms with E-state index in [-0.39, 0.29) is 5.69 Å². The molecule has 1 aliphatic rings. The number of nitro groups is 1. The van der Waals surface area contributed by atoms with Gasteiger partial charge in [0.2, 0.25) is 0 Å². The Bertz CT molecular complexity index is 471. The molecule has 1 aromatic carbocycles. The van der Waals surface area contributed by atoms with Crippen LogP contribution in [0.3, 0.4) is 0 Å². The summed E-state index contributed by atoms with van der Waals surface area (Å²) in [5, 5.41) is 10.7. The van der Waals surface area contributed by atoms with Crippen molar-refractivity contribution >= 4 is 18.3 Å². The summed E-state index contributed by atoms with van der Waals surface area (Å²) in [7, 11) is -0.560. The molecule has 2 rings (SSSR count). The smallest absolute Gasteiger partial charge is 0.399 e. The lowest BCUT2D eigenvalue weighted by Crippen LogP contribution is -2.41. The largest absolute Gasteiger partial charge is 0.495 e. The van der Waals surface area contributed by atoms with Crippen LogP contribution >= 0.6 is 0 Å². The predicted molar refractivity (Wildman–Crippen MR) is 68.8 cm³/mol. The highest BCUT2D eigenvalue weighted by Gasteiger charge is 2.51. The number of nitrogens with zero attached hydrogens (tertiary/aromatic N) is 1. The van der Waals surface area contributed by atoms with E-state index in [1.165, 1.54) is 12.1 Å². The van der Waals surface area contributed by atoms with Crippen LogP contribution < -0.4 is 5.46 Å². The Morgan fingerprint density at radius 2 is 1.72 bits per heavy atom. The standard InChI is InChI=1S/C12H16BNO4/c1-11(2)12(3,4)18-13(17-11)9-6-5-7-10(8-9)14(15)16/h5-8H,1-4H3. The van der Waals surface area contributed by atoms with E-state index in [2.05, 4.69) is 0 Å². The first-order chi connectivity index (χ1) is 8.23. The average Bonchev–Trinajstić information content (AvgIpc) is 2.48. The van der Waals surface area contributed by atoms with Gasteiger partial charge in [0.15, 0.2) is 0 Å². The van der Waals surface area contributed by atoms with Crippen LogP contribution in [0.25, 0.3) is 0 Å². The van der Waals surface area contributed by atoms with E-state index in [0.29, 0.717) is 5.46 Å². The molecule has 0 aliphatic carbocycles. The van der Waals surface area contributed by atoms with Gasteiger partial charge in [-0.25, -0.2) is 0 Å². The molecule has 96 valence electrons. The van der Waals surface area contributed by atoms with E-state index in [9.17, 15) is 10.1 Å². The molecule has 0 N–H and O–H groups in total. The second-order valence-electron chi connectivity index (χ2n) is 5.44. The second-order valence-corrected chi connectivity index (χ2v) is 5.44. The lowest BCUT2D eigenvalue weighted by atomic mass is 9.79. The second kappa shape index (κ2) is 4.07. The van der Waals surface area contributed by atoms with Crippen LogP contribution in [0.1, 0.15) is 27.7 Å². The molecule has 0 aromatic heterocycles. The number of hydrogen-bond acceptors (Lipinski definition) is 4. The maximum absolute atomic E-state index is 10.7. The van der Waals surface area contributed by atoms with Crippen LogP contribution in [0, 0.1) is 10.1 Å². The van der Waals surface area contributed by atoms with Gasteiger partial charge in [-0.2, -0.15) is 0 Å². The van der Waals surface area contributed by atoms with Crippen molar-refractivity contribution in [3.63, 3.8) is 0 Å². The number of benzene rings is 1. The van der Waals surface area contributed by atoms with Gasteiger partial charge in [-0.3, -0.25) is 10.1 Å². The Morgan fingerprint density at radius 3 is 2.22 bits per heavy atom. The lowest BCUT2D eigenvalue weighted by molar-refractivity contribution is -0.384. The summed E-state index contributed by atoms with van der Waals surface area (Å²) in [6, 6.07) is 6.35.